The average Bonchev–Trinajstić information content (AvgIpc) is 2.64. The third-order valence-electron chi connectivity index (χ3n) is 4.96. The van der Waals surface area contributed by atoms with Crippen LogP contribution in [0.2, 0.25) is 0 Å². The number of ether oxygens (including phenoxy) is 1. The van der Waals surface area contributed by atoms with Crippen molar-refractivity contribution in [2.75, 3.05) is 24.6 Å². The number of nitrogens with two attached hydrogens (primary N) is 1. The van der Waals surface area contributed by atoms with Crippen molar-refractivity contribution in [3.05, 3.63) is 28.3 Å². The fourth-order valence-electron chi connectivity index (χ4n) is 3.55. The van der Waals surface area contributed by atoms with Crippen molar-refractivity contribution in [1.29, 1.82) is 0 Å². The van der Waals surface area contributed by atoms with Gasteiger partial charge >= 0.3 is 0 Å². The number of nitro benzene ring substituents is 1. The van der Waals surface area contributed by atoms with Gasteiger partial charge in [0.15, 0.2) is 6.61 Å². The molecule has 0 bridgehead atoms. The first-order chi connectivity index (χ1) is 12.5. The molecular formula is C17H23ClN4O5. The molecular weight excluding hydrogens is 376 g/mol. The normalized spacial score (nSPS) is 21.5. The Labute approximate surface area is 162 Å². The van der Waals surface area contributed by atoms with Crippen LogP contribution >= 0.6 is 12.4 Å². The molecule has 1 aliphatic carbocycles. The number of hydrogen-bond donors (Lipinski definition) is 2. The molecule has 0 aromatic heterocycles. The molecule has 1 fully saturated rings. The zero-order valence-electron chi connectivity index (χ0n) is 14.8. The summed E-state index contributed by atoms with van der Waals surface area (Å²) in [5.74, 6) is -0.128. The van der Waals surface area contributed by atoms with Gasteiger partial charge in [-0.3, -0.25) is 24.6 Å². The monoisotopic (exact) mass is 398 g/mol. The van der Waals surface area contributed by atoms with Crippen LogP contribution in [-0.2, 0) is 9.59 Å². The highest BCUT2D eigenvalue weighted by atomic mass is 35.5. The minimum atomic E-state index is -0.550. The SMILES string of the molecule is Cl.NCC1CCCCC1NC(=O)CN1C(=O)COc2ccc([N+](=O)[O-])cc21. The second-order valence-corrected chi connectivity index (χ2v) is 6.63. The fourth-order valence-corrected chi connectivity index (χ4v) is 3.55. The predicted molar refractivity (Wildman–Crippen MR) is 101 cm³/mol. The number of non-ortho nitro benzene ring substituents is 1. The Morgan fingerprint density at radius 1 is 1.37 bits per heavy atom. The number of halogens is 1. The lowest BCUT2D eigenvalue weighted by Crippen LogP contribution is -2.50. The van der Waals surface area contributed by atoms with Crippen LogP contribution < -0.4 is 20.7 Å². The van der Waals surface area contributed by atoms with Crippen molar-refractivity contribution in [3.8, 4) is 5.75 Å². The van der Waals surface area contributed by atoms with Crippen LogP contribution in [-0.4, -0.2) is 42.5 Å². The first kappa shape index (κ1) is 20.9. The van der Waals surface area contributed by atoms with Crippen LogP contribution in [0.15, 0.2) is 18.2 Å². The van der Waals surface area contributed by atoms with Crippen LogP contribution in [0.4, 0.5) is 11.4 Å². The average molecular weight is 399 g/mol. The standard InChI is InChI=1S/C17H22N4O5.ClH/c18-8-11-3-1-2-4-13(11)19-16(22)9-20-14-7-12(21(24)25)5-6-15(14)26-10-17(20)23;/h5-7,11,13H,1-4,8-10,18H2,(H,19,22);1H. The first-order valence-corrected chi connectivity index (χ1v) is 8.70. The number of carbonyl (C=O) groups is 2. The van der Waals surface area contributed by atoms with Crippen LogP contribution in [0.3, 0.4) is 0 Å². The molecule has 0 saturated heterocycles. The number of nitrogens with one attached hydrogen (secondary N) is 1. The third-order valence-corrected chi connectivity index (χ3v) is 4.96. The molecule has 3 rings (SSSR count). The zero-order chi connectivity index (χ0) is 18.7. The molecule has 2 unspecified atom stereocenters. The van der Waals surface area contributed by atoms with Gasteiger partial charge in [-0.15, -0.1) is 12.4 Å². The molecule has 2 amide bonds. The molecule has 1 aromatic rings. The van der Waals surface area contributed by atoms with E-state index in [0.717, 1.165) is 25.7 Å². The largest absolute Gasteiger partial charge is 0.482 e. The van der Waals surface area contributed by atoms with E-state index in [2.05, 4.69) is 5.32 Å². The summed E-state index contributed by atoms with van der Waals surface area (Å²) in [5.41, 5.74) is 5.86. The number of fused-ring (bicyclic) bond motifs is 1. The second kappa shape index (κ2) is 9.01. The maximum absolute atomic E-state index is 12.5. The van der Waals surface area contributed by atoms with Crippen molar-refractivity contribution < 1.29 is 19.2 Å². The molecule has 1 heterocycles. The summed E-state index contributed by atoms with van der Waals surface area (Å²) in [5, 5.41) is 14.0. The minimum Gasteiger partial charge on any atom is -0.482 e. The van der Waals surface area contributed by atoms with E-state index in [9.17, 15) is 19.7 Å². The Morgan fingerprint density at radius 2 is 2.11 bits per heavy atom. The quantitative estimate of drug-likeness (QED) is 0.569. The van der Waals surface area contributed by atoms with E-state index < -0.39 is 10.8 Å². The third kappa shape index (κ3) is 4.67. The summed E-state index contributed by atoms with van der Waals surface area (Å²) in [6, 6.07) is 4.00. The van der Waals surface area contributed by atoms with Crippen molar-refractivity contribution in [3.63, 3.8) is 0 Å². The van der Waals surface area contributed by atoms with Crippen LogP contribution in [0, 0.1) is 16.0 Å². The van der Waals surface area contributed by atoms with E-state index in [4.69, 9.17) is 10.5 Å². The van der Waals surface area contributed by atoms with Crippen LogP contribution in [0.25, 0.3) is 0 Å². The van der Waals surface area contributed by atoms with Crippen molar-refractivity contribution in [2.45, 2.75) is 31.7 Å². The summed E-state index contributed by atoms with van der Waals surface area (Å²) in [4.78, 5) is 36.4. The number of amides is 2. The molecule has 148 valence electrons. The van der Waals surface area contributed by atoms with Gasteiger partial charge < -0.3 is 15.8 Å². The highest BCUT2D eigenvalue weighted by molar-refractivity contribution is 6.02. The number of anilines is 1. The lowest BCUT2D eigenvalue weighted by molar-refractivity contribution is -0.384. The fraction of sp³-hybridized carbons (Fsp3) is 0.529. The first-order valence-electron chi connectivity index (χ1n) is 8.70. The van der Waals surface area contributed by atoms with Gasteiger partial charge in [0, 0.05) is 18.2 Å². The van der Waals surface area contributed by atoms with Gasteiger partial charge in [0.2, 0.25) is 5.91 Å². The topological polar surface area (TPSA) is 128 Å². The zero-order valence-corrected chi connectivity index (χ0v) is 15.6. The molecule has 2 aliphatic rings. The molecule has 3 N–H and O–H groups in total. The summed E-state index contributed by atoms with van der Waals surface area (Å²) in [7, 11) is 0. The number of nitro groups is 1. The summed E-state index contributed by atoms with van der Waals surface area (Å²) >= 11 is 0. The van der Waals surface area contributed by atoms with Gasteiger partial charge in [0.05, 0.1) is 10.6 Å². The van der Waals surface area contributed by atoms with E-state index in [-0.39, 0.29) is 54.8 Å². The van der Waals surface area contributed by atoms with Gasteiger partial charge in [0.1, 0.15) is 12.3 Å². The Hall–Kier alpha value is -2.39. The molecule has 9 nitrogen and oxygen atoms in total. The molecule has 1 aromatic carbocycles. The van der Waals surface area contributed by atoms with Crippen molar-refractivity contribution in [1.82, 2.24) is 5.32 Å². The lowest BCUT2D eigenvalue weighted by Gasteiger charge is -2.33. The van der Waals surface area contributed by atoms with E-state index in [1.807, 2.05) is 0 Å². The van der Waals surface area contributed by atoms with E-state index in [1.165, 1.54) is 23.1 Å². The number of benzene rings is 1. The van der Waals surface area contributed by atoms with E-state index in [0.29, 0.717) is 12.3 Å². The number of nitrogens with zero attached hydrogens (tertiary/aromatic N) is 2. The maximum atomic E-state index is 12.5. The predicted octanol–water partition coefficient (Wildman–Crippen LogP) is 1.38. The summed E-state index contributed by atoms with van der Waals surface area (Å²) in [6.45, 7) is 0.105. The Balaban J connectivity index is 0.00000261. The van der Waals surface area contributed by atoms with Gasteiger partial charge in [-0.1, -0.05) is 12.8 Å². The van der Waals surface area contributed by atoms with Crippen LogP contribution in [0.5, 0.6) is 5.75 Å². The maximum Gasteiger partial charge on any atom is 0.271 e. The highest BCUT2D eigenvalue weighted by Gasteiger charge is 2.31. The Morgan fingerprint density at radius 3 is 2.81 bits per heavy atom. The lowest BCUT2D eigenvalue weighted by atomic mass is 9.84. The molecule has 27 heavy (non-hydrogen) atoms. The molecule has 2 atom stereocenters. The Kier molecular flexibility index (Phi) is 6.98. The summed E-state index contributed by atoms with van der Waals surface area (Å²) in [6.07, 6.45) is 3.99. The summed E-state index contributed by atoms with van der Waals surface area (Å²) < 4.78 is 5.30. The van der Waals surface area contributed by atoms with E-state index >= 15 is 0 Å². The molecule has 0 spiro atoms. The second-order valence-electron chi connectivity index (χ2n) is 6.63. The van der Waals surface area contributed by atoms with Gasteiger partial charge in [-0.25, -0.2) is 0 Å². The van der Waals surface area contributed by atoms with Crippen molar-refractivity contribution in [2.24, 2.45) is 11.7 Å². The molecule has 1 aliphatic heterocycles. The van der Waals surface area contributed by atoms with Gasteiger partial charge in [0.25, 0.3) is 11.6 Å². The Bertz CT molecular complexity index is 729. The molecule has 1 saturated carbocycles. The molecule has 0 radical (unpaired) electrons. The number of rotatable bonds is 5. The smallest absolute Gasteiger partial charge is 0.271 e. The van der Waals surface area contributed by atoms with Gasteiger partial charge in [-0.2, -0.15) is 0 Å². The number of carbonyl (C=O) groups excluding carboxylic acids is 2. The highest BCUT2D eigenvalue weighted by Crippen LogP contribution is 2.35. The van der Waals surface area contributed by atoms with Gasteiger partial charge in [-0.05, 0) is 31.4 Å². The minimum absolute atomic E-state index is 0. The number of hydrogen-bond acceptors (Lipinski definition) is 6. The van der Waals surface area contributed by atoms with E-state index in [1.54, 1.807) is 0 Å². The van der Waals surface area contributed by atoms with Crippen molar-refractivity contribution >= 4 is 35.6 Å². The molecule has 10 heteroatoms. The van der Waals surface area contributed by atoms with Crippen LogP contribution in [0.1, 0.15) is 25.7 Å².